The molecule has 1 saturated heterocycles. The van der Waals surface area contributed by atoms with Gasteiger partial charge in [-0.25, -0.2) is 9.80 Å². The van der Waals surface area contributed by atoms with Crippen molar-refractivity contribution < 1.29 is 27.9 Å². The van der Waals surface area contributed by atoms with Gasteiger partial charge in [0.25, 0.3) is 5.91 Å². The van der Waals surface area contributed by atoms with Crippen molar-refractivity contribution in [3.05, 3.63) is 98.6 Å². The predicted molar refractivity (Wildman–Crippen MR) is 170 cm³/mol. The molecular formula is C33H29Cl3F3N3O3. The second-order valence-electron chi connectivity index (χ2n) is 10.8. The standard InChI is InChI=1S/C31H28Cl3N3O.C2HF3O2/c1-20-29-28(15-18-36(31(29)38)35-16-3-2-4-17-35)37(30(20)22-7-12-25(33)13-8-22)27-14-9-23(19-26(27)34)21-5-10-24(32)11-6-21;3-2(4,5)1(6)7/h5-14,19H,2-4,15-18H2,1H3;(H,6,7). The van der Waals surface area contributed by atoms with Crippen molar-refractivity contribution in [1.29, 1.82) is 0 Å². The van der Waals surface area contributed by atoms with Gasteiger partial charge >= 0.3 is 12.1 Å². The Kier molecular flexibility index (Phi) is 9.84. The van der Waals surface area contributed by atoms with Gasteiger partial charge in [0.15, 0.2) is 0 Å². The summed E-state index contributed by atoms with van der Waals surface area (Å²) >= 11 is 19.3. The number of nitrogens with zero attached hydrogens (tertiary/aromatic N) is 3. The first kappa shape index (κ1) is 32.9. The number of hydrazine groups is 1. The number of hydrogen-bond acceptors (Lipinski definition) is 3. The molecule has 3 heterocycles. The van der Waals surface area contributed by atoms with Gasteiger partial charge < -0.3 is 9.67 Å². The number of fused-ring (bicyclic) bond motifs is 1. The third-order valence-electron chi connectivity index (χ3n) is 7.92. The number of alkyl halides is 3. The van der Waals surface area contributed by atoms with Crippen LogP contribution in [0.25, 0.3) is 28.1 Å². The molecule has 0 aliphatic carbocycles. The molecule has 6 nitrogen and oxygen atoms in total. The molecular weight excluding hydrogens is 650 g/mol. The number of amides is 1. The Bertz CT molecular complexity index is 1720. The van der Waals surface area contributed by atoms with Crippen molar-refractivity contribution in [2.45, 2.75) is 38.8 Å². The number of piperidine rings is 1. The normalized spacial score (nSPS) is 15.4. The number of carbonyl (C=O) groups excluding carboxylic acids is 1. The van der Waals surface area contributed by atoms with Gasteiger partial charge in [0.05, 0.1) is 22.0 Å². The average molecular weight is 679 g/mol. The van der Waals surface area contributed by atoms with Crippen LogP contribution in [0.4, 0.5) is 13.2 Å². The van der Waals surface area contributed by atoms with Crippen LogP contribution >= 0.6 is 34.8 Å². The number of carboxylic acid groups (broad SMARTS) is 1. The maximum atomic E-state index is 14.0. The maximum Gasteiger partial charge on any atom is 0.490 e. The fourth-order valence-electron chi connectivity index (χ4n) is 5.83. The molecule has 1 aromatic heterocycles. The number of hydrogen-bond donors (Lipinski definition) is 1. The van der Waals surface area contributed by atoms with Crippen molar-refractivity contribution >= 4 is 46.7 Å². The summed E-state index contributed by atoms with van der Waals surface area (Å²) in [6, 6.07) is 21.6. The molecule has 0 saturated carbocycles. The molecule has 236 valence electrons. The first-order valence-electron chi connectivity index (χ1n) is 14.3. The molecule has 0 bridgehead atoms. The molecule has 4 aromatic rings. The van der Waals surface area contributed by atoms with Gasteiger partial charge in [0.1, 0.15) is 0 Å². The minimum absolute atomic E-state index is 0.0773. The third-order valence-corrected chi connectivity index (χ3v) is 8.73. The van der Waals surface area contributed by atoms with Crippen molar-refractivity contribution in [3.8, 4) is 28.1 Å². The molecule has 6 rings (SSSR count). The molecule has 1 N–H and O–H groups in total. The van der Waals surface area contributed by atoms with Crippen LogP contribution in [0, 0.1) is 6.92 Å². The Hall–Kier alpha value is -3.50. The van der Waals surface area contributed by atoms with E-state index in [-0.39, 0.29) is 5.91 Å². The lowest BCUT2D eigenvalue weighted by Crippen LogP contribution is -2.51. The monoisotopic (exact) mass is 677 g/mol. The predicted octanol–water partition coefficient (Wildman–Crippen LogP) is 9.11. The van der Waals surface area contributed by atoms with Crippen molar-refractivity contribution in [2.75, 3.05) is 19.6 Å². The fourth-order valence-corrected chi connectivity index (χ4v) is 6.35. The van der Waals surface area contributed by atoms with Crippen LogP contribution in [-0.2, 0) is 11.2 Å². The van der Waals surface area contributed by atoms with E-state index in [1.165, 1.54) is 6.42 Å². The van der Waals surface area contributed by atoms with Crippen LogP contribution in [0.1, 0.15) is 40.9 Å². The summed E-state index contributed by atoms with van der Waals surface area (Å²) in [5.41, 5.74) is 7.63. The number of carboxylic acids is 1. The van der Waals surface area contributed by atoms with E-state index in [4.69, 9.17) is 44.7 Å². The SMILES string of the molecule is Cc1c2c(n(-c3ccc(-c4ccc(Cl)cc4)cc3Cl)c1-c1ccc(Cl)cc1)CCN(N1CCCCC1)C2=O.O=C(O)C(F)(F)F. The van der Waals surface area contributed by atoms with Crippen molar-refractivity contribution in [2.24, 2.45) is 0 Å². The van der Waals surface area contributed by atoms with E-state index in [2.05, 4.69) is 15.6 Å². The molecule has 45 heavy (non-hydrogen) atoms. The zero-order chi connectivity index (χ0) is 32.5. The molecule has 12 heteroatoms. The van der Waals surface area contributed by atoms with Crippen LogP contribution in [-0.4, -0.2) is 57.4 Å². The second kappa shape index (κ2) is 13.5. The highest BCUT2D eigenvalue weighted by Gasteiger charge is 2.38. The number of aromatic nitrogens is 1. The molecule has 1 amide bonds. The van der Waals surface area contributed by atoms with E-state index in [1.807, 2.05) is 72.6 Å². The quantitative estimate of drug-likeness (QED) is 0.234. The summed E-state index contributed by atoms with van der Waals surface area (Å²) in [6.07, 6.45) is -0.851. The van der Waals surface area contributed by atoms with Crippen LogP contribution in [0.5, 0.6) is 0 Å². The van der Waals surface area contributed by atoms with Crippen molar-refractivity contribution in [3.63, 3.8) is 0 Å². The lowest BCUT2D eigenvalue weighted by atomic mass is 10.0. The third kappa shape index (κ3) is 7.02. The van der Waals surface area contributed by atoms with Gasteiger partial charge in [-0.1, -0.05) is 71.6 Å². The van der Waals surface area contributed by atoms with Crippen LogP contribution in [0.2, 0.25) is 15.1 Å². The lowest BCUT2D eigenvalue weighted by molar-refractivity contribution is -0.192. The second-order valence-corrected chi connectivity index (χ2v) is 12.1. The Balaban J connectivity index is 0.000000515. The van der Waals surface area contributed by atoms with Gasteiger partial charge in [0.2, 0.25) is 0 Å². The Labute approximate surface area is 273 Å². The Morgan fingerprint density at radius 2 is 1.33 bits per heavy atom. The highest BCUT2D eigenvalue weighted by atomic mass is 35.5. The Morgan fingerprint density at radius 1 is 0.800 bits per heavy atom. The van der Waals surface area contributed by atoms with E-state index in [9.17, 15) is 18.0 Å². The minimum atomic E-state index is -5.08. The van der Waals surface area contributed by atoms with E-state index in [1.54, 1.807) is 0 Å². The maximum absolute atomic E-state index is 14.0. The summed E-state index contributed by atoms with van der Waals surface area (Å²) in [4.78, 5) is 22.9. The first-order valence-corrected chi connectivity index (χ1v) is 15.4. The van der Waals surface area contributed by atoms with Crippen LogP contribution in [0.3, 0.4) is 0 Å². The molecule has 2 aliphatic rings. The van der Waals surface area contributed by atoms with Gasteiger partial charge in [-0.05, 0) is 78.4 Å². The highest BCUT2D eigenvalue weighted by Crippen LogP contribution is 2.40. The summed E-state index contributed by atoms with van der Waals surface area (Å²) in [5.74, 6) is -2.68. The van der Waals surface area contributed by atoms with Crippen molar-refractivity contribution in [1.82, 2.24) is 14.6 Å². The Morgan fingerprint density at radius 3 is 1.87 bits per heavy atom. The molecule has 3 aromatic carbocycles. The van der Waals surface area contributed by atoms with E-state index < -0.39 is 12.1 Å². The molecule has 1 fully saturated rings. The summed E-state index contributed by atoms with van der Waals surface area (Å²) in [6.45, 7) is 4.58. The summed E-state index contributed by atoms with van der Waals surface area (Å²) < 4.78 is 33.9. The zero-order valence-electron chi connectivity index (χ0n) is 24.2. The summed E-state index contributed by atoms with van der Waals surface area (Å²) in [7, 11) is 0. The molecule has 2 aliphatic heterocycles. The topological polar surface area (TPSA) is 65.8 Å². The first-order chi connectivity index (χ1) is 21.4. The van der Waals surface area contributed by atoms with Crippen LogP contribution < -0.4 is 0 Å². The number of aliphatic carboxylic acids is 1. The van der Waals surface area contributed by atoms with E-state index >= 15 is 0 Å². The summed E-state index contributed by atoms with van der Waals surface area (Å²) in [5, 5.41) is 13.3. The van der Waals surface area contributed by atoms with Gasteiger partial charge in [0, 0.05) is 41.8 Å². The zero-order valence-corrected chi connectivity index (χ0v) is 26.4. The average Bonchev–Trinajstić information content (AvgIpc) is 3.30. The number of rotatable bonds is 4. The van der Waals surface area contributed by atoms with E-state index in [0.29, 0.717) is 21.6 Å². The molecule has 0 radical (unpaired) electrons. The smallest absolute Gasteiger partial charge is 0.475 e. The molecule has 0 atom stereocenters. The number of benzene rings is 3. The fraction of sp³-hybridized carbons (Fsp3) is 0.273. The molecule has 0 spiro atoms. The van der Waals surface area contributed by atoms with Gasteiger partial charge in [-0.15, -0.1) is 0 Å². The van der Waals surface area contributed by atoms with Gasteiger partial charge in [-0.3, -0.25) is 9.80 Å². The number of halogens is 6. The van der Waals surface area contributed by atoms with Gasteiger partial charge in [-0.2, -0.15) is 13.2 Å². The number of carbonyl (C=O) groups is 2. The molecule has 0 unspecified atom stereocenters. The van der Waals surface area contributed by atoms with Crippen LogP contribution in [0.15, 0.2) is 66.7 Å². The van der Waals surface area contributed by atoms with E-state index in [0.717, 1.165) is 77.2 Å². The lowest BCUT2D eigenvalue weighted by Gasteiger charge is -2.39. The highest BCUT2D eigenvalue weighted by molar-refractivity contribution is 6.33. The minimum Gasteiger partial charge on any atom is -0.475 e. The largest absolute Gasteiger partial charge is 0.490 e.